The third-order valence-corrected chi connectivity index (χ3v) is 2.83. The molecule has 0 aliphatic carbocycles. The highest BCUT2D eigenvalue weighted by Crippen LogP contribution is 2.22. The van der Waals surface area contributed by atoms with Gasteiger partial charge >= 0.3 is 0 Å². The van der Waals surface area contributed by atoms with Gasteiger partial charge in [0, 0.05) is 10.5 Å². The van der Waals surface area contributed by atoms with Gasteiger partial charge in [0.15, 0.2) is 0 Å². The van der Waals surface area contributed by atoms with Gasteiger partial charge in [-0.1, -0.05) is 28.1 Å². The van der Waals surface area contributed by atoms with Crippen LogP contribution in [0.15, 0.2) is 40.9 Å². The van der Waals surface area contributed by atoms with Crippen molar-refractivity contribution in [3.8, 4) is 11.8 Å². The maximum absolute atomic E-state index is 5.68. The van der Waals surface area contributed by atoms with Crippen LogP contribution in [-0.4, -0.2) is 12.1 Å². The van der Waals surface area contributed by atoms with Gasteiger partial charge in [-0.2, -0.15) is 4.98 Å². The monoisotopic (exact) mass is 308 g/mol. The van der Waals surface area contributed by atoms with E-state index in [1.807, 2.05) is 24.3 Å². The molecule has 2 rings (SSSR count). The van der Waals surface area contributed by atoms with Crippen LogP contribution in [0.1, 0.15) is 5.56 Å². The molecule has 4 nitrogen and oxygen atoms in total. The van der Waals surface area contributed by atoms with Crippen molar-refractivity contribution in [3.63, 3.8) is 0 Å². The fourth-order valence-corrected chi connectivity index (χ4v) is 1.91. The van der Waals surface area contributed by atoms with Crippen molar-refractivity contribution >= 4 is 21.6 Å². The summed E-state index contributed by atoms with van der Waals surface area (Å²) in [5.74, 6) is 0.864. The van der Waals surface area contributed by atoms with Crippen LogP contribution in [0.4, 0.5) is 5.69 Å². The van der Waals surface area contributed by atoms with Gasteiger partial charge < -0.3 is 15.2 Å². The molecule has 94 valence electrons. The predicted molar refractivity (Wildman–Crippen MR) is 73.7 cm³/mol. The number of halogens is 1. The fourth-order valence-electron chi connectivity index (χ4n) is 1.46. The van der Waals surface area contributed by atoms with Crippen LogP contribution in [0.25, 0.3) is 0 Å². The molecule has 0 bridgehead atoms. The average Bonchev–Trinajstić information content (AvgIpc) is 2.38. The highest BCUT2D eigenvalue weighted by atomic mass is 79.9. The summed E-state index contributed by atoms with van der Waals surface area (Å²) < 4.78 is 11.6. The molecule has 0 spiro atoms. The van der Waals surface area contributed by atoms with Gasteiger partial charge in [0.25, 0.3) is 0 Å². The van der Waals surface area contributed by atoms with Crippen molar-refractivity contribution in [2.45, 2.75) is 6.61 Å². The normalized spacial score (nSPS) is 10.1. The largest absolute Gasteiger partial charge is 0.479 e. The lowest BCUT2D eigenvalue weighted by atomic mass is 10.2. The van der Waals surface area contributed by atoms with E-state index in [4.69, 9.17) is 15.2 Å². The van der Waals surface area contributed by atoms with Crippen LogP contribution in [0.3, 0.4) is 0 Å². The van der Waals surface area contributed by atoms with Crippen molar-refractivity contribution < 1.29 is 9.47 Å². The molecule has 0 atom stereocenters. The van der Waals surface area contributed by atoms with Gasteiger partial charge in [0.05, 0.1) is 12.8 Å². The van der Waals surface area contributed by atoms with Crippen LogP contribution in [0, 0.1) is 0 Å². The first-order chi connectivity index (χ1) is 8.69. The number of aromatic nitrogens is 1. The maximum Gasteiger partial charge on any atom is 0.240 e. The van der Waals surface area contributed by atoms with Crippen molar-refractivity contribution in [1.29, 1.82) is 0 Å². The van der Waals surface area contributed by atoms with Crippen LogP contribution in [-0.2, 0) is 6.61 Å². The molecule has 0 amide bonds. The predicted octanol–water partition coefficient (Wildman–Crippen LogP) is 3.01. The van der Waals surface area contributed by atoms with E-state index in [2.05, 4.69) is 20.9 Å². The molecule has 1 aromatic carbocycles. The van der Waals surface area contributed by atoms with Gasteiger partial charge in [-0.05, 0) is 23.8 Å². The van der Waals surface area contributed by atoms with Gasteiger partial charge in [-0.25, -0.2) is 0 Å². The number of benzene rings is 1. The molecular weight excluding hydrogens is 296 g/mol. The van der Waals surface area contributed by atoms with E-state index in [1.165, 1.54) is 7.11 Å². The minimum atomic E-state index is 0.377. The maximum atomic E-state index is 5.68. The summed E-state index contributed by atoms with van der Waals surface area (Å²) in [6, 6.07) is 11.3. The molecule has 0 radical (unpaired) electrons. The summed E-state index contributed by atoms with van der Waals surface area (Å²) in [5.41, 5.74) is 7.23. The van der Waals surface area contributed by atoms with Crippen molar-refractivity contribution in [1.82, 2.24) is 4.98 Å². The minimum absolute atomic E-state index is 0.377. The lowest BCUT2D eigenvalue weighted by molar-refractivity contribution is 0.287. The van der Waals surface area contributed by atoms with E-state index in [0.717, 1.165) is 10.0 Å². The van der Waals surface area contributed by atoms with E-state index in [1.54, 1.807) is 12.1 Å². The number of ether oxygens (including phenoxy) is 2. The Bertz CT molecular complexity index is 546. The van der Waals surface area contributed by atoms with Crippen LogP contribution in [0.5, 0.6) is 11.8 Å². The summed E-state index contributed by atoms with van der Waals surface area (Å²) in [6.07, 6.45) is 0. The number of anilines is 1. The van der Waals surface area contributed by atoms with Crippen molar-refractivity contribution in [2.75, 3.05) is 12.8 Å². The molecule has 1 heterocycles. The molecular formula is C13H13BrN2O2. The lowest BCUT2D eigenvalue weighted by Gasteiger charge is -2.08. The zero-order chi connectivity index (χ0) is 13.0. The van der Waals surface area contributed by atoms with Gasteiger partial charge in [0.2, 0.25) is 11.8 Å². The lowest BCUT2D eigenvalue weighted by Crippen LogP contribution is -2.00. The topological polar surface area (TPSA) is 57.4 Å². The third-order valence-electron chi connectivity index (χ3n) is 2.33. The Morgan fingerprint density at radius 3 is 2.83 bits per heavy atom. The van der Waals surface area contributed by atoms with Crippen LogP contribution < -0.4 is 15.2 Å². The molecule has 18 heavy (non-hydrogen) atoms. The Balaban J connectivity index is 2.06. The van der Waals surface area contributed by atoms with Crippen molar-refractivity contribution in [3.05, 3.63) is 46.4 Å². The van der Waals surface area contributed by atoms with Gasteiger partial charge in [-0.3, -0.25) is 0 Å². The van der Waals surface area contributed by atoms with Gasteiger partial charge in [-0.15, -0.1) is 0 Å². The molecule has 0 unspecified atom stereocenters. The molecule has 5 heteroatoms. The third kappa shape index (κ3) is 3.13. The number of methoxy groups -OCH3 is 1. The first-order valence-corrected chi connectivity index (χ1v) is 6.16. The molecule has 0 saturated heterocycles. The highest BCUT2D eigenvalue weighted by Gasteiger charge is 2.04. The molecule has 1 aromatic heterocycles. The standard InChI is InChI=1S/C13H13BrN2O2/c1-17-13-11(15)5-6-12(16-13)18-8-9-3-2-4-10(14)7-9/h2-7H,8,15H2,1H3. The Morgan fingerprint density at radius 2 is 2.11 bits per heavy atom. The first-order valence-electron chi connectivity index (χ1n) is 5.37. The zero-order valence-corrected chi connectivity index (χ0v) is 11.5. The highest BCUT2D eigenvalue weighted by molar-refractivity contribution is 9.10. The van der Waals surface area contributed by atoms with Crippen LogP contribution in [0.2, 0.25) is 0 Å². The first kappa shape index (κ1) is 12.7. The Labute approximate surface area is 114 Å². The summed E-state index contributed by atoms with van der Waals surface area (Å²) in [6.45, 7) is 0.444. The Kier molecular flexibility index (Phi) is 4.04. The molecule has 2 N–H and O–H groups in total. The number of pyridine rings is 1. The molecule has 0 saturated carbocycles. The molecule has 0 fully saturated rings. The van der Waals surface area contributed by atoms with Gasteiger partial charge in [0.1, 0.15) is 6.61 Å². The summed E-state index contributed by atoms with van der Waals surface area (Å²) in [4.78, 5) is 4.15. The van der Waals surface area contributed by atoms with E-state index in [9.17, 15) is 0 Å². The minimum Gasteiger partial charge on any atom is -0.479 e. The average molecular weight is 309 g/mol. The number of nitrogens with zero attached hydrogens (tertiary/aromatic N) is 1. The molecule has 2 aromatic rings. The van der Waals surface area contributed by atoms with E-state index >= 15 is 0 Å². The number of nitrogen functional groups attached to an aromatic ring is 1. The van der Waals surface area contributed by atoms with Crippen LogP contribution >= 0.6 is 15.9 Å². The second kappa shape index (κ2) is 5.73. The Morgan fingerprint density at radius 1 is 1.28 bits per heavy atom. The quantitative estimate of drug-likeness (QED) is 0.943. The summed E-state index contributed by atoms with van der Waals surface area (Å²) >= 11 is 3.41. The van der Waals surface area contributed by atoms with E-state index in [-0.39, 0.29) is 0 Å². The number of rotatable bonds is 4. The molecule has 0 aliphatic rings. The Hall–Kier alpha value is -1.75. The second-order valence-electron chi connectivity index (χ2n) is 3.67. The fraction of sp³-hybridized carbons (Fsp3) is 0.154. The number of nitrogens with two attached hydrogens (primary N) is 1. The van der Waals surface area contributed by atoms with E-state index in [0.29, 0.717) is 24.1 Å². The molecule has 0 aliphatic heterocycles. The SMILES string of the molecule is COc1nc(OCc2cccc(Br)c2)ccc1N. The second-order valence-corrected chi connectivity index (χ2v) is 4.58. The summed E-state index contributed by atoms with van der Waals surface area (Å²) in [7, 11) is 1.52. The zero-order valence-electron chi connectivity index (χ0n) is 9.89. The smallest absolute Gasteiger partial charge is 0.240 e. The van der Waals surface area contributed by atoms with Crippen molar-refractivity contribution in [2.24, 2.45) is 0 Å². The van der Waals surface area contributed by atoms with E-state index < -0.39 is 0 Å². The number of hydrogen-bond donors (Lipinski definition) is 1. The summed E-state index contributed by atoms with van der Waals surface area (Å²) in [5, 5.41) is 0. The number of hydrogen-bond acceptors (Lipinski definition) is 4.